The molecule has 0 bridgehead atoms. The number of benzene rings is 2. The van der Waals surface area contributed by atoms with Crippen molar-refractivity contribution in [2.45, 2.75) is 13.5 Å². The number of tetrazole rings is 1. The molecule has 0 unspecified atom stereocenters. The van der Waals surface area contributed by atoms with Crippen molar-refractivity contribution in [3.8, 4) is 17.0 Å². The van der Waals surface area contributed by atoms with Crippen molar-refractivity contribution in [3.05, 3.63) is 77.5 Å². The summed E-state index contributed by atoms with van der Waals surface area (Å²) >= 11 is 0. The van der Waals surface area contributed by atoms with Crippen molar-refractivity contribution in [1.82, 2.24) is 25.4 Å². The number of halogens is 1. The minimum absolute atomic E-state index is 0.0376. The van der Waals surface area contributed by atoms with Gasteiger partial charge in [-0.1, -0.05) is 5.16 Å². The Bertz CT molecular complexity index is 1090. The van der Waals surface area contributed by atoms with Crippen LogP contribution in [0.15, 0.2) is 59.4 Å². The Morgan fingerprint density at radius 1 is 1.14 bits per heavy atom. The first-order valence-electron chi connectivity index (χ1n) is 8.33. The normalized spacial score (nSPS) is 10.8. The van der Waals surface area contributed by atoms with Crippen LogP contribution < -0.4 is 0 Å². The summed E-state index contributed by atoms with van der Waals surface area (Å²) < 4.78 is 25.2. The summed E-state index contributed by atoms with van der Waals surface area (Å²) in [6, 6.07) is 12.6. The van der Waals surface area contributed by atoms with Crippen LogP contribution in [0, 0.1) is 12.7 Å². The molecule has 0 fully saturated rings. The Balaban J connectivity index is 1.43. The SMILES string of the molecule is Cc1c(COC(=O)c2ccc(-n3cnnn3)cc2)noc1-c1ccc(F)cc1. The maximum atomic E-state index is 13.1. The van der Waals surface area contributed by atoms with E-state index in [1.807, 2.05) is 0 Å². The Labute approximate surface area is 158 Å². The molecule has 0 radical (unpaired) electrons. The van der Waals surface area contributed by atoms with Crippen molar-refractivity contribution < 1.29 is 18.4 Å². The fraction of sp³-hybridized carbons (Fsp3) is 0.105. The Morgan fingerprint density at radius 3 is 2.57 bits per heavy atom. The van der Waals surface area contributed by atoms with Gasteiger partial charge in [-0.25, -0.2) is 13.9 Å². The first-order valence-corrected chi connectivity index (χ1v) is 8.33. The summed E-state index contributed by atoms with van der Waals surface area (Å²) in [5.41, 5.74) is 3.03. The lowest BCUT2D eigenvalue weighted by molar-refractivity contribution is 0.0464. The Morgan fingerprint density at radius 2 is 1.89 bits per heavy atom. The van der Waals surface area contributed by atoms with Crippen molar-refractivity contribution in [1.29, 1.82) is 0 Å². The van der Waals surface area contributed by atoms with Gasteiger partial charge in [-0.2, -0.15) is 0 Å². The van der Waals surface area contributed by atoms with Crippen LogP contribution in [0.4, 0.5) is 4.39 Å². The molecule has 8 nitrogen and oxygen atoms in total. The van der Waals surface area contributed by atoms with Gasteiger partial charge in [0.15, 0.2) is 5.76 Å². The minimum atomic E-state index is -0.492. The summed E-state index contributed by atoms with van der Waals surface area (Å²) in [7, 11) is 0. The predicted octanol–water partition coefficient (Wildman–Crippen LogP) is 3.12. The molecular weight excluding hydrogens is 365 g/mol. The van der Waals surface area contributed by atoms with Crippen LogP contribution in [0.2, 0.25) is 0 Å². The molecule has 2 aromatic heterocycles. The predicted molar refractivity (Wildman–Crippen MR) is 94.9 cm³/mol. The molecule has 2 aromatic carbocycles. The molecule has 0 atom stereocenters. The summed E-state index contributed by atoms with van der Waals surface area (Å²) in [6.45, 7) is 1.77. The van der Waals surface area contributed by atoms with Crippen LogP contribution in [0.25, 0.3) is 17.0 Å². The number of carbonyl (C=O) groups excluding carboxylic acids is 1. The zero-order chi connectivity index (χ0) is 19.5. The lowest BCUT2D eigenvalue weighted by Gasteiger charge is -2.05. The fourth-order valence-corrected chi connectivity index (χ4v) is 2.62. The summed E-state index contributed by atoms with van der Waals surface area (Å²) in [5.74, 6) is -0.313. The molecule has 4 rings (SSSR count). The van der Waals surface area contributed by atoms with Gasteiger partial charge >= 0.3 is 5.97 Å². The number of aromatic nitrogens is 5. The zero-order valence-electron chi connectivity index (χ0n) is 14.7. The standard InChI is InChI=1S/C19H14FN5O3/c1-12-17(22-28-18(12)13-2-6-15(20)7-3-13)10-27-19(26)14-4-8-16(9-5-14)25-11-21-23-24-25/h2-9,11H,10H2,1H3. The number of esters is 1. The average molecular weight is 379 g/mol. The van der Waals surface area contributed by atoms with Crippen LogP contribution in [-0.4, -0.2) is 31.3 Å². The molecule has 0 saturated heterocycles. The van der Waals surface area contributed by atoms with Gasteiger partial charge in [-0.3, -0.25) is 0 Å². The van der Waals surface area contributed by atoms with Gasteiger partial charge < -0.3 is 9.26 Å². The van der Waals surface area contributed by atoms with Gasteiger partial charge in [0.1, 0.15) is 24.4 Å². The molecule has 0 N–H and O–H groups in total. The fourth-order valence-electron chi connectivity index (χ4n) is 2.62. The summed E-state index contributed by atoms with van der Waals surface area (Å²) in [4.78, 5) is 12.3. The zero-order valence-corrected chi connectivity index (χ0v) is 14.7. The second-order valence-corrected chi connectivity index (χ2v) is 5.97. The molecule has 2 heterocycles. The number of rotatable bonds is 5. The largest absolute Gasteiger partial charge is 0.455 e. The van der Waals surface area contributed by atoms with Crippen molar-refractivity contribution in [2.75, 3.05) is 0 Å². The lowest BCUT2D eigenvalue weighted by atomic mass is 10.1. The smallest absolute Gasteiger partial charge is 0.338 e. The highest BCUT2D eigenvalue weighted by molar-refractivity contribution is 5.89. The van der Waals surface area contributed by atoms with Gasteiger partial charge in [-0.15, -0.1) is 5.10 Å². The molecule has 4 aromatic rings. The second kappa shape index (κ2) is 7.39. The van der Waals surface area contributed by atoms with E-state index in [-0.39, 0.29) is 12.4 Å². The van der Waals surface area contributed by atoms with Crippen LogP contribution in [0.1, 0.15) is 21.6 Å². The molecule has 0 saturated carbocycles. The molecule has 9 heteroatoms. The third kappa shape index (κ3) is 3.50. The number of nitrogens with zero attached hydrogens (tertiary/aromatic N) is 5. The van der Waals surface area contributed by atoms with Crippen molar-refractivity contribution >= 4 is 5.97 Å². The molecule has 0 aliphatic rings. The minimum Gasteiger partial charge on any atom is -0.455 e. The number of ether oxygens (including phenoxy) is 1. The van der Waals surface area contributed by atoms with Crippen LogP contribution in [0.5, 0.6) is 0 Å². The van der Waals surface area contributed by atoms with E-state index in [0.29, 0.717) is 22.6 Å². The third-order valence-electron chi connectivity index (χ3n) is 4.18. The monoisotopic (exact) mass is 379 g/mol. The van der Waals surface area contributed by atoms with E-state index >= 15 is 0 Å². The topological polar surface area (TPSA) is 95.9 Å². The molecule has 0 amide bonds. The van der Waals surface area contributed by atoms with E-state index in [1.165, 1.54) is 23.1 Å². The van der Waals surface area contributed by atoms with E-state index in [2.05, 4.69) is 20.7 Å². The molecule has 0 spiro atoms. The van der Waals surface area contributed by atoms with Crippen molar-refractivity contribution in [2.24, 2.45) is 0 Å². The van der Waals surface area contributed by atoms with Crippen molar-refractivity contribution in [3.63, 3.8) is 0 Å². The Hall–Kier alpha value is -3.88. The van der Waals surface area contributed by atoms with Gasteiger partial charge in [0.25, 0.3) is 0 Å². The van der Waals surface area contributed by atoms with Gasteiger partial charge in [0.05, 0.1) is 11.3 Å². The maximum Gasteiger partial charge on any atom is 0.338 e. The first-order chi connectivity index (χ1) is 13.6. The third-order valence-corrected chi connectivity index (χ3v) is 4.18. The van der Waals surface area contributed by atoms with Gasteiger partial charge in [0.2, 0.25) is 0 Å². The first kappa shape index (κ1) is 17.5. The highest BCUT2D eigenvalue weighted by atomic mass is 19.1. The van der Waals surface area contributed by atoms with E-state index < -0.39 is 5.97 Å². The van der Waals surface area contributed by atoms with Crippen LogP contribution in [-0.2, 0) is 11.3 Å². The Kier molecular flexibility index (Phi) is 4.63. The molecular formula is C19H14FN5O3. The number of hydrogen-bond donors (Lipinski definition) is 0. The average Bonchev–Trinajstić information content (AvgIpc) is 3.37. The van der Waals surface area contributed by atoms with E-state index in [4.69, 9.17) is 9.26 Å². The second-order valence-electron chi connectivity index (χ2n) is 5.97. The highest BCUT2D eigenvalue weighted by Gasteiger charge is 2.16. The number of carbonyl (C=O) groups is 1. The molecule has 140 valence electrons. The quantitative estimate of drug-likeness (QED) is 0.492. The highest BCUT2D eigenvalue weighted by Crippen LogP contribution is 2.26. The van der Waals surface area contributed by atoms with Crippen LogP contribution >= 0.6 is 0 Å². The molecule has 28 heavy (non-hydrogen) atoms. The van der Waals surface area contributed by atoms with E-state index in [9.17, 15) is 9.18 Å². The van der Waals surface area contributed by atoms with Crippen LogP contribution in [0.3, 0.4) is 0 Å². The van der Waals surface area contributed by atoms with Gasteiger partial charge in [0, 0.05) is 11.1 Å². The lowest BCUT2D eigenvalue weighted by Crippen LogP contribution is -2.06. The van der Waals surface area contributed by atoms with E-state index in [1.54, 1.807) is 43.3 Å². The summed E-state index contributed by atoms with van der Waals surface area (Å²) in [6.07, 6.45) is 1.46. The molecule has 0 aliphatic heterocycles. The maximum absolute atomic E-state index is 13.1. The van der Waals surface area contributed by atoms with Gasteiger partial charge in [-0.05, 0) is 65.9 Å². The number of hydrogen-bond acceptors (Lipinski definition) is 7. The molecule has 0 aliphatic carbocycles. The van der Waals surface area contributed by atoms with E-state index in [0.717, 1.165) is 11.3 Å². The summed E-state index contributed by atoms with van der Waals surface area (Å²) in [5, 5.41) is 14.9.